The molecule has 3 aromatic rings. The van der Waals surface area contributed by atoms with E-state index in [9.17, 15) is 9.59 Å². The fourth-order valence-corrected chi connectivity index (χ4v) is 1.99. The van der Waals surface area contributed by atoms with Gasteiger partial charge in [-0.15, -0.1) is 0 Å². The summed E-state index contributed by atoms with van der Waals surface area (Å²) >= 11 is 0. The van der Waals surface area contributed by atoms with Crippen LogP contribution in [-0.4, -0.2) is 11.8 Å². The Labute approximate surface area is 133 Å². The summed E-state index contributed by atoms with van der Waals surface area (Å²) in [6, 6.07) is 19.8. The van der Waals surface area contributed by atoms with E-state index in [-0.39, 0.29) is 5.91 Å². The van der Waals surface area contributed by atoms with Crippen LogP contribution >= 0.6 is 0 Å². The van der Waals surface area contributed by atoms with E-state index in [1.54, 1.807) is 36.4 Å². The molecular formula is C18H17N3O2. The normalized spacial score (nSPS) is 9.74. The van der Waals surface area contributed by atoms with Crippen LogP contribution in [-0.2, 0) is 0 Å². The Bertz CT molecular complexity index is 842. The van der Waals surface area contributed by atoms with Gasteiger partial charge in [0.15, 0.2) is 0 Å². The van der Waals surface area contributed by atoms with Gasteiger partial charge in [-0.2, -0.15) is 0 Å². The third-order valence-electron chi connectivity index (χ3n) is 3.23. The van der Waals surface area contributed by atoms with Gasteiger partial charge in [0.25, 0.3) is 0 Å². The van der Waals surface area contributed by atoms with Crippen molar-refractivity contribution in [2.24, 2.45) is 11.5 Å². The van der Waals surface area contributed by atoms with Gasteiger partial charge >= 0.3 is 0 Å². The molecule has 0 heterocycles. The van der Waals surface area contributed by atoms with E-state index in [1.807, 2.05) is 30.3 Å². The molecule has 5 heteroatoms. The van der Waals surface area contributed by atoms with E-state index in [0.717, 1.165) is 10.8 Å². The standard InChI is InChI=1S/C11H9NO.C7H8N2O/c12-11(13)10-6-5-8-3-1-2-4-9(8)7-10;8-6-3-1-5(2-4-6)7(9)10/h1-7H,(H2,12,13);1-4H,8H2,(H2,9,10). The van der Waals surface area contributed by atoms with Crippen molar-refractivity contribution in [3.05, 3.63) is 77.9 Å². The Kier molecular flexibility index (Phi) is 4.94. The molecule has 0 aliphatic carbocycles. The molecule has 0 aliphatic heterocycles. The molecule has 0 spiro atoms. The second-order valence-electron chi connectivity index (χ2n) is 4.91. The highest BCUT2D eigenvalue weighted by Gasteiger charge is 2.00. The first-order valence-corrected chi connectivity index (χ1v) is 6.91. The number of rotatable bonds is 2. The Morgan fingerprint density at radius 2 is 1.17 bits per heavy atom. The number of primary amides is 2. The summed E-state index contributed by atoms with van der Waals surface area (Å²) in [6.45, 7) is 0. The largest absolute Gasteiger partial charge is 0.399 e. The second kappa shape index (κ2) is 7.09. The number of hydrogen-bond acceptors (Lipinski definition) is 3. The fraction of sp³-hybridized carbons (Fsp3) is 0. The van der Waals surface area contributed by atoms with E-state index >= 15 is 0 Å². The van der Waals surface area contributed by atoms with Gasteiger partial charge < -0.3 is 17.2 Å². The van der Waals surface area contributed by atoms with E-state index in [1.165, 1.54) is 0 Å². The number of nitrogens with two attached hydrogens (primary N) is 3. The van der Waals surface area contributed by atoms with Gasteiger partial charge in [-0.3, -0.25) is 9.59 Å². The molecule has 0 aliphatic rings. The van der Waals surface area contributed by atoms with Crippen LogP contribution in [0.2, 0.25) is 0 Å². The molecule has 6 N–H and O–H groups in total. The molecule has 0 atom stereocenters. The summed E-state index contributed by atoms with van der Waals surface area (Å²) in [4.78, 5) is 21.4. The van der Waals surface area contributed by atoms with Crippen LogP contribution in [0.1, 0.15) is 20.7 Å². The summed E-state index contributed by atoms with van der Waals surface area (Å²) in [5, 5.41) is 2.16. The average molecular weight is 307 g/mol. The zero-order chi connectivity index (χ0) is 16.8. The van der Waals surface area contributed by atoms with Crippen molar-refractivity contribution < 1.29 is 9.59 Å². The van der Waals surface area contributed by atoms with Crippen LogP contribution in [0.5, 0.6) is 0 Å². The quantitative estimate of drug-likeness (QED) is 0.631. The topological polar surface area (TPSA) is 112 Å². The third-order valence-corrected chi connectivity index (χ3v) is 3.23. The lowest BCUT2D eigenvalue weighted by atomic mass is 10.1. The number of carbonyl (C=O) groups excluding carboxylic acids is 2. The van der Waals surface area contributed by atoms with E-state index in [0.29, 0.717) is 16.8 Å². The number of hydrogen-bond donors (Lipinski definition) is 3. The molecule has 0 fully saturated rings. The zero-order valence-corrected chi connectivity index (χ0v) is 12.4. The van der Waals surface area contributed by atoms with Gasteiger partial charge in [0.2, 0.25) is 11.8 Å². The molecule has 2 amide bonds. The average Bonchev–Trinajstić information content (AvgIpc) is 2.55. The van der Waals surface area contributed by atoms with Crippen molar-refractivity contribution in [3.63, 3.8) is 0 Å². The Morgan fingerprint density at radius 1 is 0.652 bits per heavy atom. The van der Waals surface area contributed by atoms with Crippen molar-refractivity contribution in [1.82, 2.24) is 0 Å². The fourth-order valence-electron chi connectivity index (χ4n) is 1.99. The molecular weight excluding hydrogens is 290 g/mol. The van der Waals surface area contributed by atoms with E-state index < -0.39 is 5.91 Å². The number of anilines is 1. The summed E-state index contributed by atoms with van der Waals surface area (Å²) in [5.41, 5.74) is 17.2. The van der Waals surface area contributed by atoms with E-state index in [4.69, 9.17) is 17.2 Å². The van der Waals surface area contributed by atoms with Crippen LogP contribution < -0.4 is 17.2 Å². The minimum atomic E-state index is -0.431. The number of nitrogen functional groups attached to an aromatic ring is 1. The highest BCUT2D eigenvalue weighted by molar-refractivity contribution is 5.97. The molecule has 0 aromatic heterocycles. The SMILES string of the molecule is NC(=O)c1ccc(N)cc1.NC(=O)c1ccc2ccccc2c1. The number of fused-ring (bicyclic) bond motifs is 1. The minimum absolute atomic E-state index is 0.384. The number of carbonyl (C=O) groups is 2. The third kappa shape index (κ3) is 4.31. The summed E-state index contributed by atoms with van der Waals surface area (Å²) < 4.78 is 0. The lowest BCUT2D eigenvalue weighted by molar-refractivity contribution is 0.0992. The number of amides is 2. The van der Waals surface area contributed by atoms with Gasteiger partial charge in [0, 0.05) is 16.8 Å². The maximum absolute atomic E-state index is 10.9. The lowest BCUT2D eigenvalue weighted by Gasteiger charge is -1.98. The Hall–Kier alpha value is -3.34. The molecule has 23 heavy (non-hydrogen) atoms. The van der Waals surface area contributed by atoms with Crippen molar-refractivity contribution in [3.8, 4) is 0 Å². The van der Waals surface area contributed by atoms with Crippen molar-refractivity contribution in [1.29, 1.82) is 0 Å². The minimum Gasteiger partial charge on any atom is -0.399 e. The molecule has 116 valence electrons. The van der Waals surface area contributed by atoms with Crippen molar-refractivity contribution in [2.45, 2.75) is 0 Å². The Morgan fingerprint density at radius 3 is 1.74 bits per heavy atom. The zero-order valence-electron chi connectivity index (χ0n) is 12.4. The first-order valence-electron chi connectivity index (χ1n) is 6.91. The predicted octanol–water partition coefficient (Wildman–Crippen LogP) is 2.31. The molecule has 5 nitrogen and oxygen atoms in total. The maximum Gasteiger partial charge on any atom is 0.248 e. The van der Waals surface area contributed by atoms with Crippen LogP contribution in [0.25, 0.3) is 10.8 Å². The molecule has 0 radical (unpaired) electrons. The van der Waals surface area contributed by atoms with E-state index in [2.05, 4.69) is 0 Å². The molecule has 3 rings (SSSR count). The first-order chi connectivity index (χ1) is 11.0. The predicted molar refractivity (Wildman–Crippen MR) is 91.8 cm³/mol. The summed E-state index contributed by atoms with van der Waals surface area (Å²) in [7, 11) is 0. The van der Waals surface area contributed by atoms with Crippen LogP contribution in [0.4, 0.5) is 5.69 Å². The molecule has 0 saturated heterocycles. The van der Waals surface area contributed by atoms with Gasteiger partial charge in [-0.05, 0) is 47.2 Å². The Balaban J connectivity index is 0.000000174. The molecule has 0 saturated carbocycles. The van der Waals surface area contributed by atoms with Gasteiger partial charge in [-0.1, -0.05) is 30.3 Å². The maximum atomic E-state index is 10.9. The summed E-state index contributed by atoms with van der Waals surface area (Å²) in [6.07, 6.45) is 0. The van der Waals surface area contributed by atoms with Crippen molar-refractivity contribution in [2.75, 3.05) is 5.73 Å². The van der Waals surface area contributed by atoms with Crippen LogP contribution in [0.3, 0.4) is 0 Å². The van der Waals surface area contributed by atoms with Gasteiger partial charge in [-0.25, -0.2) is 0 Å². The monoisotopic (exact) mass is 307 g/mol. The molecule has 0 bridgehead atoms. The van der Waals surface area contributed by atoms with Gasteiger partial charge in [0.1, 0.15) is 0 Å². The molecule has 0 unspecified atom stereocenters. The first kappa shape index (κ1) is 16.0. The van der Waals surface area contributed by atoms with Crippen LogP contribution in [0.15, 0.2) is 66.7 Å². The number of benzene rings is 3. The van der Waals surface area contributed by atoms with Crippen molar-refractivity contribution >= 4 is 28.3 Å². The smallest absolute Gasteiger partial charge is 0.248 e. The van der Waals surface area contributed by atoms with Crippen LogP contribution in [0, 0.1) is 0 Å². The van der Waals surface area contributed by atoms with Gasteiger partial charge in [0.05, 0.1) is 0 Å². The highest BCUT2D eigenvalue weighted by Crippen LogP contribution is 2.14. The second-order valence-corrected chi connectivity index (χ2v) is 4.91. The summed E-state index contributed by atoms with van der Waals surface area (Å²) in [5.74, 6) is -0.814. The highest BCUT2D eigenvalue weighted by atomic mass is 16.1. The molecule has 3 aromatic carbocycles. The lowest BCUT2D eigenvalue weighted by Crippen LogP contribution is -2.10.